The van der Waals surface area contributed by atoms with E-state index in [9.17, 15) is 9.59 Å². The molecule has 1 aliphatic heterocycles. The van der Waals surface area contributed by atoms with Gasteiger partial charge in [-0.2, -0.15) is 0 Å². The molecule has 0 radical (unpaired) electrons. The standard InChI is InChI=1S/C29H29N3O2S2/c1-18-14-19(2)24(20(3)15-18)17-35-29-31-25-11-10-21(16-26(25)36-29)30-27(33)22-8-4-5-9-23(22)28(34)32-12-6-7-13-32/h4-5,8-11,14-16H,6-7,12-13,17H2,1-3H3,(H,30,33). The van der Waals surface area contributed by atoms with Crippen LogP contribution in [0.4, 0.5) is 5.69 Å². The number of thioether (sulfide) groups is 1. The van der Waals surface area contributed by atoms with Gasteiger partial charge in [0.05, 0.1) is 21.3 Å². The molecule has 1 saturated heterocycles. The van der Waals surface area contributed by atoms with Gasteiger partial charge in [0.25, 0.3) is 11.8 Å². The van der Waals surface area contributed by atoms with Crippen molar-refractivity contribution in [2.45, 2.75) is 43.7 Å². The van der Waals surface area contributed by atoms with Crippen molar-refractivity contribution in [2.24, 2.45) is 0 Å². The highest BCUT2D eigenvalue weighted by Crippen LogP contribution is 2.34. The minimum atomic E-state index is -0.276. The van der Waals surface area contributed by atoms with E-state index in [1.54, 1.807) is 41.3 Å². The fourth-order valence-electron chi connectivity index (χ4n) is 4.77. The predicted octanol–water partition coefficient (Wildman–Crippen LogP) is 7.00. The van der Waals surface area contributed by atoms with Crippen LogP contribution in [0.25, 0.3) is 10.2 Å². The Labute approximate surface area is 219 Å². The first kappa shape index (κ1) is 24.5. The van der Waals surface area contributed by atoms with Gasteiger partial charge < -0.3 is 10.2 Å². The van der Waals surface area contributed by atoms with E-state index >= 15 is 0 Å². The average molecular weight is 516 g/mol. The zero-order chi connectivity index (χ0) is 25.2. The van der Waals surface area contributed by atoms with Crippen LogP contribution in [0.15, 0.2) is 58.9 Å². The number of rotatable bonds is 6. The van der Waals surface area contributed by atoms with Crippen molar-refractivity contribution in [1.82, 2.24) is 9.88 Å². The zero-order valence-corrected chi connectivity index (χ0v) is 22.4. The van der Waals surface area contributed by atoms with Crippen LogP contribution in [0.1, 0.15) is 55.8 Å². The summed E-state index contributed by atoms with van der Waals surface area (Å²) in [6.07, 6.45) is 2.03. The van der Waals surface area contributed by atoms with Crippen molar-refractivity contribution in [2.75, 3.05) is 18.4 Å². The average Bonchev–Trinajstić information content (AvgIpc) is 3.53. The Kier molecular flexibility index (Phi) is 7.12. The summed E-state index contributed by atoms with van der Waals surface area (Å²) in [5, 5.41) is 2.99. The van der Waals surface area contributed by atoms with Gasteiger partial charge in [0.1, 0.15) is 0 Å². The monoisotopic (exact) mass is 515 g/mol. The topological polar surface area (TPSA) is 62.3 Å². The Hall–Kier alpha value is -3.16. The Morgan fingerprint density at radius 3 is 2.39 bits per heavy atom. The number of hydrogen-bond acceptors (Lipinski definition) is 5. The molecule has 4 aromatic rings. The van der Waals surface area contributed by atoms with Crippen LogP contribution in [-0.2, 0) is 5.75 Å². The first-order valence-electron chi connectivity index (χ1n) is 12.2. The molecular weight excluding hydrogens is 486 g/mol. The van der Waals surface area contributed by atoms with Gasteiger partial charge in [-0.25, -0.2) is 4.98 Å². The van der Waals surface area contributed by atoms with Crippen molar-refractivity contribution in [3.05, 3.63) is 88.0 Å². The normalized spacial score (nSPS) is 13.4. The minimum Gasteiger partial charge on any atom is -0.339 e. The Bertz CT molecular complexity index is 1430. The zero-order valence-electron chi connectivity index (χ0n) is 20.8. The number of nitrogens with one attached hydrogen (secondary N) is 1. The van der Waals surface area contributed by atoms with Gasteiger partial charge in [0.2, 0.25) is 0 Å². The molecule has 5 nitrogen and oxygen atoms in total. The van der Waals surface area contributed by atoms with Crippen molar-refractivity contribution >= 4 is 50.8 Å². The SMILES string of the molecule is Cc1cc(C)c(CSc2nc3ccc(NC(=O)c4ccccc4C(=O)N4CCCC4)cc3s2)c(C)c1. The fraction of sp³-hybridized carbons (Fsp3) is 0.276. The molecule has 0 spiro atoms. The molecule has 0 unspecified atom stereocenters. The lowest BCUT2D eigenvalue weighted by Gasteiger charge is -2.17. The van der Waals surface area contributed by atoms with Crippen molar-refractivity contribution in [1.29, 1.82) is 0 Å². The number of hydrogen-bond donors (Lipinski definition) is 1. The van der Waals surface area contributed by atoms with Crippen LogP contribution in [0.3, 0.4) is 0 Å². The van der Waals surface area contributed by atoms with Gasteiger partial charge in [-0.1, -0.05) is 41.6 Å². The van der Waals surface area contributed by atoms with E-state index in [2.05, 4.69) is 38.2 Å². The summed E-state index contributed by atoms with van der Waals surface area (Å²) in [7, 11) is 0. The molecule has 2 amide bonds. The maximum atomic E-state index is 13.1. The number of carbonyl (C=O) groups is 2. The Morgan fingerprint density at radius 1 is 0.972 bits per heavy atom. The van der Waals surface area contributed by atoms with Crippen LogP contribution in [0.5, 0.6) is 0 Å². The number of carbonyl (C=O) groups excluding carboxylic acids is 2. The highest BCUT2D eigenvalue weighted by atomic mass is 32.2. The van der Waals surface area contributed by atoms with E-state index in [1.807, 2.05) is 29.2 Å². The quantitative estimate of drug-likeness (QED) is 0.281. The Balaban J connectivity index is 1.31. The highest BCUT2D eigenvalue weighted by Gasteiger charge is 2.24. The molecule has 1 aromatic heterocycles. The number of thiazole rings is 1. The van der Waals surface area contributed by atoms with Crippen molar-refractivity contribution < 1.29 is 9.59 Å². The van der Waals surface area contributed by atoms with E-state index < -0.39 is 0 Å². The third-order valence-corrected chi connectivity index (χ3v) is 8.79. The summed E-state index contributed by atoms with van der Waals surface area (Å²) in [6, 6.07) is 17.3. The maximum absolute atomic E-state index is 13.1. The van der Waals surface area contributed by atoms with Gasteiger partial charge >= 0.3 is 0 Å². The summed E-state index contributed by atoms with van der Waals surface area (Å²) < 4.78 is 2.03. The molecule has 0 atom stereocenters. The molecule has 1 N–H and O–H groups in total. The molecule has 7 heteroatoms. The molecule has 184 valence electrons. The smallest absolute Gasteiger partial charge is 0.256 e. The largest absolute Gasteiger partial charge is 0.339 e. The minimum absolute atomic E-state index is 0.0723. The lowest BCUT2D eigenvalue weighted by molar-refractivity contribution is 0.0787. The third kappa shape index (κ3) is 5.18. The summed E-state index contributed by atoms with van der Waals surface area (Å²) in [5.41, 5.74) is 7.75. The number of nitrogens with zero attached hydrogens (tertiary/aromatic N) is 2. The van der Waals surface area contributed by atoms with Gasteiger partial charge in [-0.3, -0.25) is 9.59 Å². The fourth-order valence-corrected chi connectivity index (χ4v) is 7.08. The molecule has 1 fully saturated rings. The van der Waals surface area contributed by atoms with Gasteiger partial charge in [0.15, 0.2) is 4.34 Å². The number of aromatic nitrogens is 1. The lowest BCUT2D eigenvalue weighted by Crippen LogP contribution is -2.29. The van der Waals surface area contributed by atoms with E-state index in [0.717, 1.165) is 46.2 Å². The Morgan fingerprint density at radius 2 is 1.67 bits per heavy atom. The van der Waals surface area contributed by atoms with Crippen LogP contribution in [-0.4, -0.2) is 34.8 Å². The maximum Gasteiger partial charge on any atom is 0.256 e. The number of amides is 2. The molecule has 2 heterocycles. The molecule has 0 bridgehead atoms. The molecular formula is C29H29N3O2S2. The number of likely N-dealkylation sites (tertiary alicyclic amines) is 1. The molecule has 1 aliphatic rings. The second kappa shape index (κ2) is 10.4. The molecule has 3 aromatic carbocycles. The number of fused-ring (bicyclic) bond motifs is 1. The molecule has 36 heavy (non-hydrogen) atoms. The number of benzene rings is 3. The molecule has 0 saturated carbocycles. The van der Waals surface area contributed by atoms with Crippen molar-refractivity contribution in [3.8, 4) is 0 Å². The first-order valence-corrected chi connectivity index (χ1v) is 14.0. The van der Waals surface area contributed by atoms with E-state index in [0.29, 0.717) is 16.8 Å². The van der Waals surface area contributed by atoms with Crippen LogP contribution in [0, 0.1) is 20.8 Å². The van der Waals surface area contributed by atoms with Gasteiger partial charge in [-0.05, 0) is 80.6 Å². The van der Waals surface area contributed by atoms with Crippen LogP contribution in [0.2, 0.25) is 0 Å². The van der Waals surface area contributed by atoms with Gasteiger partial charge in [0, 0.05) is 24.5 Å². The molecule has 0 aliphatic carbocycles. The molecule has 5 rings (SSSR count). The van der Waals surface area contributed by atoms with Crippen LogP contribution < -0.4 is 5.32 Å². The summed E-state index contributed by atoms with van der Waals surface area (Å²) in [6.45, 7) is 7.96. The first-order chi connectivity index (χ1) is 17.4. The number of anilines is 1. The summed E-state index contributed by atoms with van der Waals surface area (Å²) in [5.74, 6) is 0.530. The van der Waals surface area contributed by atoms with Gasteiger partial charge in [-0.15, -0.1) is 11.3 Å². The van der Waals surface area contributed by atoms with E-state index in [4.69, 9.17) is 4.98 Å². The summed E-state index contributed by atoms with van der Waals surface area (Å²) in [4.78, 5) is 32.7. The van der Waals surface area contributed by atoms with E-state index in [-0.39, 0.29) is 11.8 Å². The second-order valence-corrected chi connectivity index (χ2v) is 11.6. The summed E-state index contributed by atoms with van der Waals surface area (Å²) >= 11 is 3.38. The second-order valence-electron chi connectivity index (χ2n) is 9.33. The third-order valence-electron chi connectivity index (χ3n) is 6.60. The number of aryl methyl sites for hydroxylation is 3. The van der Waals surface area contributed by atoms with Crippen LogP contribution >= 0.6 is 23.1 Å². The predicted molar refractivity (Wildman–Crippen MR) is 149 cm³/mol. The van der Waals surface area contributed by atoms with E-state index in [1.165, 1.54) is 22.3 Å². The lowest BCUT2D eigenvalue weighted by atomic mass is 10.0. The highest BCUT2D eigenvalue weighted by molar-refractivity contribution is 8.00. The van der Waals surface area contributed by atoms with Crippen molar-refractivity contribution in [3.63, 3.8) is 0 Å².